The zero-order chi connectivity index (χ0) is 12.8. The molecule has 0 atom stereocenters. The SMILES string of the molecule is CC(=O)NCC#Cc1ccc([N+](=O)[O-])c(C)n1. The lowest BCUT2D eigenvalue weighted by Gasteiger charge is -1.96. The quantitative estimate of drug-likeness (QED) is 0.465. The second-order valence-corrected chi connectivity index (χ2v) is 3.27. The number of hydrogen-bond donors (Lipinski definition) is 1. The molecule has 1 amide bonds. The maximum absolute atomic E-state index is 10.6. The van der Waals surface area contributed by atoms with Gasteiger partial charge in [-0.2, -0.15) is 0 Å². The predicted octanol–water partition coefficient (Wildman–Crippen LogP) is 0.786. The number of amides is 1. The van der Waals surface area contributed by atoms with Gasteiger partial charge in [0.1, 0.15) is 11.4 Å². The van der Waals surface area contributed by atoms with Crippen LogP contribution in [-0.2, 0) is 4.79 Å². The first-order chi connectivity index (χ1) is 8.00. The molecular weight excluding hydrogens is 222 g/mol. The van der Waals surface area contributed by atoms with Crippen LogP contribution in [0.4, 0.5) is 5.69 Å². The number of aryl methyl sites for hydroxylation is 1. The summed E-state index contributed by atoms with van der Waals surface area (Å²) >= 11 is 0. The number of hydrogen-bond acceptors (Lipinski definition) is 4. The lowest BCUT2D eigenvalue weighted by Crippen LogP contribution is -2.19. The highest BCUT2D eigenvalue weighted by molar-refractivity contribution is 5.73. The van der Waals surface area contributed by atoms with Gasteiger partial charge in [0.15, 0.2) is 0 Å². The number of rotatable bonds is 2. The van der Waals surface area contributed by atoms with Gasteiger partial charge < -0.3 is 5.32 Å². The minimum atomic E-state index is -0.489. The van der Waals surface area contributed by atoms with Crippen LogP contribution in [0.15, 0.2) is 12.1 Å². The largest absolute Gasteiger partial charge is 0.345 e. The van der Waals surface area contributed by atoms with Gasteiger partial charge in [0.25, 0.3) is 5.69 Å². The summed E-state index contributed by atoms with van der Waals surface area (Å²) in [5, 5.41) is 13.1. The Bertz CT molecular complexity index is 514. The summed E-state index contributed by atoms with van der Waals surface area (Å²) in [6.45, 7) is 3.18. The fraction of sp³-hybridized carbons (Fsp3) is 0.273. The number of nitro groups is 1. The molecule has 0 aliphatic rings. The van der Waals surface area contributed by atoms with Crippen molar-refractivity contribution in [3.63, 3.8) is 0 Å². The molecule has 17 heavy (non-hydrogen) atoms. The normalized spacial score (nSPS) is 9.06. The molecule has 88 valence electrons. The van der Waals surface area contributed by atoms with E-state index in [2.05, 4.69) is 22.1 Å². The Morgan fingerprint density at radius 2 is 2.29 bits per heavy atom. The Morgan fingerprint density at radius 3 is 2.82 bits per heavy atom. The highest BCUT2D eigenvalue weighted by Crippen LogP contribution is 2.14. The predicted molar refractivity (Wildman–Crippen MR) is 61.2 cm³/mol. The summed E-state index contributed by atoms with van der Waals surface area (Å²) in [7, 11) is 0. The number of nitrogens with one attached hydrogen (secondary N) is 1. The molecule has 1 rings (SSSR count). The molecule has 0 saturated heterocycles. The van der Waals surface area contributed by atoms with Gasteiger partial charge in [-0.25, -0.2) is 4.98 Å². The maximum atomic E-state index is 10.6. The summed E-state index contributed by atoms with van der Waals surface area (Å²) < 4.78 is 0. The molecule has 0 spiro atoms. The highest BCUT2D eigenvalue weighted by Gasteiger charge is 2.10. The third-order valence-electron chi connectivity index (χ3n) is 1.90. The van der Waals surface area contributed by atoms with Crippen LogP contribution >= 0.6 is 0 Å². The summed E-state index contributed by atoms with van der Waals surface area (Å²) in [5.74, 6) is 5.24. The number of carbonyl (C=O) groups excluding carboxylic acids is 1. The van der Waals surface area contributed by atoms with Crippen LogP contribution in [-0.4, -0.2) is 22.4 Å². The Hall–Kier alpha value is -2.42. The zero-order valence-corrected chi connectivity index (χ0v) is 9.48. The van der Waals surface area contributed by atoms with E-state index >= 15 is 0 Å². The van der Waals surface area contributed by atoms with Crippen molar-refractivity contribution in [2.24, 2.45) is 0 Å². The Kier molecular flexibility index (Phi) is 4.17. The van der Waals surface area contributed by atoms with Gasteiger partial charge in [0, 0.05) is 13.0 Å². The molecule has 0 aromatic carbocycles. The van der Waals surface area contributed by atoms with Crippen molar-refractivity contribution in [1.29, 1.82) is 0 Å². The third-order valence-corrected chi connectivity index (χ3v) is 1.90. The second kappa shape index (κ2) is 5.61. The average molecular weight is 233 g/mol. The van der Waals surface area contributed by atoms with E-state index in [0.29, 0.717) is 11.4 Å². The fourth-order valence-corrected chi connectivity index (χ4v) is 1.12. The minimum absolute atomic E-state index is 0.0302. The second-order valence-electron chi connectivity index (χ2n) is 3.27. The van der Waals surface area contributed by atoms with Gasteiger partial charge in [-0.15, -0.1) is 0 Å². The molecular formula is C11H11N3O3. The molecule has 0 bridgehead atoms. The molecule has 6 heteroatoms. The molecule has 6 nitrogen and oxygen atoms in total. The van der Waals surface area contributed by atoms with Gasteiger partial charge in [0.05, 0.1) is 11.5 Å². The lowest BCUT2D eigenvalue weighted by molar-refractivity contribution is -0.385. The number of nitrogens with zero attached hydrogens (tertiary/aromatic N) is 2. The van der Waals surface area contributed by atoms with Gasteiger partial charge in [-0.3, -0.25) is 14.9 Å². The van der Waals surface area contributed by atoms with E-state index in [4.69, 9.17) is 0 Å². The first kappa shape index (κ1) is 12.6. The van der Waals surface area contributed by atoms with Crippen LogP contribution in [0.2, 0.25) is 0 Å². The summed E-state index contributed by atoms with van der Waals surface area (Å²) in [6.07, 6.45) is 0. The molecule has 0 saturated carbocycles. The van der Waals surface area contributed by atoms with E-state index < -0.39 is 4.92 Å². The van der Waals surface area contributed by atoms with Crippen molar-refractivity contribution in [3.8, 4) is 11.8 Å². The molecule has 1 heterocycles. The number of aromatic nitrogens is 1. The van der Waals surface area contributed by atoms with Crippen LogP contribution in [0.5, 0.6) is 0 Å². The smallest absolute Gasteiger partial charge is 0.290 e. The van der Waals surface area contributed by atoms with E-state index in [0.717, 1.165) is 0 Å². The van der Waals surface area contributed by atoms with Gasteiger partial charge in [-0.05, 0) is 18.9 Å². The fourth-order valence-electron chi connectivity index (χ4n) is 1.12. The van der Waals surface area contributed by atoms with Crippen LogP contribution in [0.1, 0.15) is 18.3 Å². The Labute approximate surface area is 98.2 Å². The van der Waals surface area contributed by atoms with Gasteiger partial charge in [0.2, 0.25) is 5.91 Å². The van der Waals surface area contributed by atoms with Crippen molar-refractivity contribution in [3.05, 3.63) is 33.6 Å². The standard InChI is InChI=1S/C11H11N3O3/c1-8-11(14(16)17)6-5-10(13-8)4-3-7-12-9(2)15/h5-6H,7H2,1-2H3,(H,12,15). The van der Waals surface area contributed by atoms with E-state index in [-0.39, 0.29) is 18.1 Å². The first-order valence-electron chi connectivity index (χ1n) is 4.86. The summed E-state index contributed by atoms with van der Waals surface area (Å²) in [6, 6.07) is 2.84. The monoisotopic (exact) mass is 233 g/mol. The molecule has 0 unspecified atom stereocenters. The van der Waals surface area contributed by atoms with Crippen LogP contribution in [0.3, 0.4) is 0 Å². The first-order valence-corrected chi connectivity index (χ1v) is 4.86. The van der Waals surface area contributed by atoms with Crippen molar-refractivity contribution < 1.29 is 9.72 Å². The topological polar surface area (TPSA) is 85.1 Å². The molecule has 0 aliphatic carbocycles. The molecule has 0 radical (unpaired) electrons. The molecule has 0 fully saturated rings. The maximum Gasteiger partial charge on any atom is 0.290 e. The molecule has 1 aromatic heterocycles. The van der Waals surface area contributed by atoms with E-state index in [1.165, 1.54) is 19.1 Å². The highest BCUT2D eigenvalue weighted by atomic mass is 16.6. The van der Waals surface area contributed by atoms with E-state index in [1.807, 2.05) is 0 Å². The third kappa shape index (κ3) is 3.91. The van der Waals surface area contributed by atoms with Gasteiger partial charge >= 0.3 is 0 Å². The van der Waals surface area contributed by atoms with Crippen molar-refractivity contribution in [1.82, 2.24) is 10.3 Å². The number of pyridine rings is 1. The lowest BCUT2D eigenvalue weighted by atomic mass is 10.2. The van der Waals surface area contributed by atoms with Crippen molar-refractivity contribution >= 4 is 11.6 Å². The van der Waals surface area contributed by atoms with Gasteiger partial charge in [-0.1, -0.05) is 5.92 Å². The van der Waals surface area contributed by atoms with Crippen LogP contribution in [0, 0.1) is 28.9 Å². The van der Waals surface area contributed by atoms with Crippen LogP contribution < -0.4 is 5.32 Å². The summed E-state index contributed by atoms with van der Waals surface area (Å²) in [4.78, 5) is 24.6. The van der Waals surface area contributed by atoms with Crippen LogP contribution in [0.25, 0.3) is 0 Å². The Balaban J connectivity index is 2.77. The summed E-state index contributed by atoms with van der Waals surface area (Å²) in [5.41, 5.74) is 0.734. The molecule has 1 aromatic rings. The van der Waals surface area contributed by atoms with Crippen molar-refractivity contribution in [2.75, 3.05) is 6.54 Å². The van der Waals surface area contributed by atoms with E-state index in [1.54, 1.807) is 6.92 Å². The molecule has 1 N–H and O–H groups in total. The average Bonchev–Trinajstić information content (AvgIpc) is 2.23. The van der Waals surface area contributed by atoms with Crippen molar-refractivity contribution in [2.45, 2.75) is 13.8 Å². The number of carbonyl (C=O) groups is 1. The Morgan fingerprint density at radius 1 is 1.59 bits per heavy atom. The molecule has 0 aliphatic heterocycles. The zero-order valence-electron chi connectivity index (χ0n) is 9.48. The van der Waals surface area contributed by atoms with E-state index in [9.17, 15) is 14.9 Å². The minimum Gasteiger partial charge on any atom is -0.345 e.